The maximum Gasteiger partial charge on any atom is 0.298 e. The quantitative estimate of drug-likeness (QED) is 0.0113. The molecule has 4 aliphatic rings. The Balaban J connectivity index is 0.609. The molecule has 4 aromatic heterocycles. The summed E-state index contributed by atoms with van der Waals surface area (Å²) in [7, 11) is -23.1. The number of hydrogen-bond acceptors (Lipinski definition) is 35. The van der Waals surface area contributed by atoms with Gasteiger partial charge < -0.3 is 52.5 Å². The summed E-state index contributed by atoms with van der Waals surface area (Å²) in [5.74, 6) is -6.80. The van der Waals surface area contributed by atoms with E-state index in [9.17, 15) is 83.3 Å². The van der Waals surface area contributed by atoms with Gasteiger partial charge in [-0.05, 0) is 164 Å². The summed E-state index contributed by atoms with van der Waals surface area (Å²) >= 11 is 0. The molecule has 40 nitrogen and oxygen atoms in total. The molecule has 0 unspecified atom stereocenters. The van der Waals surface area contributed by atoms with Gasteiger partial charge in [0.15, 0.2) is 23.1 Å². The Bertz CT molecular complexity index is 7780. The topological polar surface area (TPSA) is 607 Å². The minimum atomic E-state index is -4.99. The lowest BCUT2D eigenvalue weighted by atomic mass is 9.75. The second-order valence-electron chi connectivity index (χ2n) is 31.8. The Kier molecular flexibility index (Phi) is 24.2. The summed E-state index contributed by atoms with van der Waals surface area (Å²) in [6.07, 6.45) is 6.75. The molecule has 680 valence electrons. The molecule has 2 fully saturated rings. The molecule has 4 aliphatic carbocycles. The molecule has 2 saturated carbocycles. The highest BCUT2D eigenvalue weighted by atomic mass is 32.2. The minimum absolute atomic E-state index is 0.00155. The summed E-state index contributed by atoms with van der Waals surface area (Å²) in [6.45, 7) is 0. The maximum atomic E-state index is 15.1. The molecular formula is C85H80N16O24S6. The van der Waals surface area contributed by atoms with Gasteiger partial charge in [-0.2, -0.15) is 80.4 Å². The van der Waals surface area contributed by atoms with Gasteiger partial charge in [-0.1, -0.05) is 78.9 Å². The zero-order valence-corrected chi connectivity index (χ0v) is 74.6. The van der Waals surface area contributed by atoms with Crippen molar-refractivity contribution in [3.63, 3.8) is 0 Å². The smallest absolute Gasteiger partial charge is 0.298 e. The summed E-state index contributed by atoms with van der Waals surface area (Å²) in [5.41, 5.74) is 8.38. The van der Waals surface area contributed by atoms with Crippen LogP contribution in [0, 0.1) is 11.8 Å². The average Bonchev–Trinajstić information content (AvgIpc) is 0.708. The summed E-state index contributed by atoms with van der Waals surface area (Å²) in [5, 5.41) is 18.7. The predicted molar refractivity (Wildman–Crippen MR) is 482 cm³/mol. The van der Waals surface area contributed by atoms with E-state index in [4.69, 9.17) is 19.8 Å². The first-order chi connectivity index (χ1) is 62.0. The Morgan fingerprint density at radius 2 is 0.786 bits per heavy atom. The van der Waals surface area contributed by atoms with Gasteiger partial charge in [-0.3, -0.25) is 55.0 Å². The Morgan fingerprint density at radius 1 is 0.405 bits per heavy atom. The van der Waals surface area contributed by atoms with Crippen molar-refractivity contribution in [1.29, 1.82) is 0 Å². The maximum absolute atomic E-state index is 15.1. The van der Waals surface area contributed by atoms with E-state index in [-0.39, 0.29) is 181 Å². The van der Waals surface area contributed by atoms with Crippen LogP contribution in [-0.4, -0.2) is 160 Å². The Hall–Kier alpha value is -13.3. The van der Waals surface area contributed by atoms with Crippen molar-refractivity contribution in [1.82, 2.24) is 39.0 Å². The monoisotopic (exact) mass is 1900 g/mol. The molecule has 0 saturated heterocycles. The number of nitrogen functional groups attached to an aromatic ring is 2. The van der Waals surface area contributed by atoms with E-state index in [1.165, 1.54) is 105 Å². The highest BCUT2D eigenvalue weighted by molar-refractivity contribution is 7.87. The molecule has 46 heteroatoms. The number of aromatic nitrogens is 8. The SMILES string of the molecule is COS(=O)(=O)c1cccc(C(=O)c2c3c4c(c(Nc5cc(Nc6nc(N)nc(NC7CCC(CC8CCC(Nc9nc(N)nc(Nc%10cc(Nc%11ccc%12c%13c%11C(=O)c%11ccccc%11-c%13c(C(=O)c%11cccc(CS(=O)(=O)O)c%11)c(=O)n%12C)c(CS(=O)(=O)O)cc%10S(=O)(=O)OC)n9)CC8)CC7)n6)c(CS(=O)(=O)O)cc5S(=O)(=O)OC)ccc4n(C)c2=O)C(=O)c2ccccc2-3)c1. The third-order valence-electron chi connectivity index (χ3n) is 23.5. The fourth-order valence-corrected chi connectivity index (χ4v) is 21.8. The van der Waals surface area contributed by atoms with Gasteiger partial charge >= 0.3 is 0 Å². The van der Waals surface area contributed by atoms with E-state index in [0.29, 0.717) is 37.5 Å². The van der Waals surface area contributed by atoms with Gasteiger partial charge in [0.2, 0.25) is 35.7 Å². The first-order valence-electron chi connectivity index (χ1n) is 40.2. The van der Waals surface area contributed by atoms with Crippen LogP contribution < -0.4 is 54.5 Å². The largest absolute Gasteiger partial charge is 0.368 e. The number of anilines is 12. The molecule has 13 N–H and O–H groups in total. The minimum Gasteiger partial charge on any atom is -0.368 e. The number of nitrogens with two attached hydrogens (primary N) is 2. The van der Waals surface area contributed by atoms with Crippen LogP contribution in [0.4, 0.5) is 69.8 Å². The van der Waals surface area contributed by atoms with Crippen molar-refractivity contribution in [3.8, 4) is 22.3 Å². The number of carbonyl (C=O) groups excluding carboxylic acids is 4. The molecule has 0 amide bonds. The first-order valence-corrected chi connectivity index (χ1v) is 49.2. The lowest BCUT2D eigenvalue weighted by Gasteiger charge is -2.34. The van der Waals surface area contributed by atoms with E-state index >= 15 is 9.59 Å². The molecule has 16 rings (SSSR count). The number of hydrogen-bond donors (Lipinski definition) is 11. The van der Waals surface area contributed by atoms with Crippen molar-refractivity contribution < 1.29 is 95.9 Å². The van der Waals surface area contributed by atoms with Gasteiger partial charge in [0.25, 0.3) is 71.8 Å². The fourth-order valence-electron chi connectivity index (χ4n) is 17.5. The molecule has 8 aromatic carbocycles. The number of aryl methyl sites for hydroxylation is 2. The summed E-state index contributed by atoms with van der Waals surface area (Å²) in [6, 6.07) is 31.9. The Morgan fingerprint density at radius 3 is 1.21 bits per heavy atom. The number of nitrogens with zero attached hydrogens (tertiary/aromatic N) is 8. The standard InChI is InChI=1S/C85H80N16O24S6/c1-100-62-30-28-56(68-70(62)66(52-16-6-8-18-54(52)76(68)104)72(78(100)106)74(102)45-13-10-12-44(33-45)39-126(108,109)110)90-58-37-61(65(131(121,122)125-5)35-47(58)40-127(111,112)113)93-85-97-81(87)95-83(99-85)89-50-26-22-43(23-27-50)32-42-20-24-49(25-21-42)88-82-94-80(86)96-84(98-82)92-59-38-60(64(130(119,120)124-4)36-48(59)41-128(114,115)116)91-57-29-31-63-71-67(53-17-7-9-19-55(53)77(105)69(57)71)73(79(107)101(63)2)75(103)46-14-11-15-51(34-46)129(117,118)123-3/h6-19,28-31,33-38,42-43,49-50,90-91H,20-27,32,39-41H2,1-5H3,(H,108,109,110)(H,111,112,113)(H,114,115,116)(H4,86,88,92,94,96,98)(H4,87,89,93,95,97,99). The molecule has 0 spiro atoms. The van der Waals surface area contributed by atoms with Crippen molar-refractivity contribution in [2.45, 2.75) is 102 Å². The van der Waals surface area contributed by atoms with E-state index in [1.54, 1.807) is 24.3 Å². The number of carbonyl (C=O) groups is 4. The van der Waals surface area contributed by atoms with E-state index in [2.05, 4.69) is 66.0 Å². The number of rotatable bonds is 30. The van der Waals surface area contributed by atoms with E-state index < -0.39 is 133 Å². The van der Waals surface area contributed by atoms with Crippen LogP contribution in [0.15, 0.2) is 170 Å². The average molecular weight is 1900 g/mol. The van der Waals surface area contributed by atoms with Crippen LogP contribution in [0.1, 0.15) is 138 Å². The zero-order valence-electron chi connectivity index (χ0n) is 69.7. The van der Waals surface area contributed by atoms with Gasteiger partial charge in [0, 0.05) is 81.7 Å². The van der Waals surface area contributed by atoms with Crippen LogP contribution in [0.5, 0.6) is 0 Å². The molecule has 0 atom stereocenters. The molecule has 0 bridgehead atoms. The number of nitrogens with one attached hydrogen (secondary N) is 6. The lowest BCUT2D eigenvalue weighted by molar-refractivity contribution is 0.102. The Labute approximate surface area is 747 Å². The van der Waals surface area contributed by atoms with Crippen LogP contribution in [0.3, 0.4) is 0 Å². The molecule has 0 aliphatic heterocycles. The van der Waals surface area contributed by atoms with Crippen LogP contribution in [0.25, 0.3) is 44.1 Å². The molecule has 131 heavy (non-hydrogen) atoms. The second-order valence-corrected chi connectivity index (χ2v) is 41.3. The van der Waals surface area contributed by atoms with Crippen molar-refractivity contribution in [2.24, 2.45) is 25.9 Å². The number of fused-ring (bicyclic) bond motifs is 4. The fraction of sp³-hybridized carbons (Fsp3) is 0.247. The normalized spacial score (nSPS) is 16.3. The number of pyridine rings is 2. The molecule has 0 radical (unpaired) electrons. The van der Waals surface area contributed by atoms with Gasteiger partial charge in [0.05, 0.1) is 82.3 Å². The van der Waals surface area contributed by atoms with Gasteiger partial charge in [-0.25, -0.2) is 0 Å². The van der Waals surface area contributed by atoms with Crippen LogP contribution in [-0.2, 0) is 105 Å². The predicted octanol–water partition coefficient (Wildman–Crippen LogP) is 9.98. The number of ketones is 4. The van der Waals surface area contributed by atoms with Crippen molar-refractivity contribution in [2.75, 3.05) is 64.7 Å². The third kappa shape index (κ3) is 18.4. The van der Waals surface area contributed by atoms with E-state index in [1.807, 2.05) is 0 Å². The molecule has 12 aromatic rings. The number of benzene rings is 8. The summed E-state index contributed by atoms with van der Waals surface area (Å²) in [4.78, 5) is 113. The second kappa shape index (κ2) is 34.9. The van der Waals surface area contributed by atoms with Gasteiger partial charge in [0.1, 0.15) is 27.0 Å². The van der Waals surface area contributed by atoms with Gasteiger partial charge in [-0.15, -0.1) is 0 Å². The third-order valence-corrected chi connectivity index (χ3v) is 29.4. The summed E-state index contributed by atoms with van der Waals surface area (Å²) < 4.78 is 204. The highest BCUT2D eigenvalue weighted by Gasteiger charge is 2.40. The highest BCUT2D eigenvalue weighted by Crippen LogP contribution is 2.49. The van der Waals surface area contributed by atoms with Crippen LogP contribution >= 0.6 is 0 Å². The first kappa shape index (κ1) is 91.1. The molecule has 4 heterocycles. The zero-order chi connectivity index (χ0) is 93.6. The lowest BCUT2D eigenvalue weighted by Crippen LogP contribution is -2.30. The van der Waals surface area contributed by atoms with Crippen molar-refractivity contribution in [3.05, 3.63) is 227 Å². The van der Waals surface area contributed by atoms with Crippen molar-refractivity contribution >= 4 is 175 Å². The van der Waals surface area contributed by atoms with E-state index in [0.717, 1.165) is 92.9 Å². The molecular weight excluding hydrogens is 1820 g/mol. The van der Waals surface area contributed by atoms with Crippen LogP contribution in [0.2, 0.25) is 0 Å².